The van der Waals surface area contributed by atoms with Gasteiger partial charge in [-0.05, 0) is 0 Å². The molecule has 0 saturated carbocycles. The summed E-state index contributed by atoms with van der Waals surface area (Å²) in [5.41, 5.74) is 0. The van der Waals surface area contributed by atoms with Crippen molar-refractivity contribution in [2.45, 2.75) is 24.1 Å². The standard InChI is InChI=1S/C8HBr17O2S/c9-1(10,3(13,14)5(17,18)7(21,22)23)2(11,12)4(15,16)6(19,20)8(24,25)28(26)27/h(H,26,27). The lowest BCUT2D eigenvalue weighted by Gasteiger charge is -2.57. The molecule has 0 aromatic rings. The Morgan fingerprint density at radius 2 is 0.643 bits per heavy atom. The molecule has 0 aromatic carbocycles. The van der Waals surface area contributed by atoms with E-state index in [2.05, 4.69) is 271 Å². The summed E-state index contributed by atoms with van der Waals surface area (Å²) >= 11 is 58.5. The third-order valence-electron chi connectivity index (χ3n) is 2.91. The highest BCUT2D eigenvalue weighted by molar-refractivity contribution is 9.42. The average Bonchev–Trinajstić information content (AvgIpc) is 2.44. The molecule has 0 bridgehead atoms. The second kappa shape index (κ2) is 11.8. The van der Waals surface area contributed by atoms with Gasteiger partial charge in [0.2, 0.25) is 2.57 Å². The predicted octanol–water partition coefficient (Wildman–Crippen LogP) is 12.4. The van der Waals surface area contributed by atoms with E-state index in [1.54, 1.807) is 0 Å². The molecule has 0 aliphatic heterocycles. The van der Waals surface area contributed by atoms with E-state index in [1.165, 1.54) is 0 Å². The van der Waals surface area contributed by atoms with Crippen molar-refractivity contribution >= 4 is 282 Å². The maximum Gasteiger partial charge on any atom is 0.207 e. The van der Waals surface area contributed by atoms with Crippen LogP contribution in [0.25, 0.3) is 0 Å². The monoisotopic (exact) mass is 1500 g/mol. The Labute approximate surface area is 307 Å². The van der Waals surface area contributed by atoms with E-state index in [4.69, 9.17) is 0 Å². The molecule has 170 valence electrons. The first-order chi connectivity index (χ1) is 11.7. The van der Waals surface area contributed by atoms with Crippen molar-refractivity contribution < 1.29 is 8.76 Å². The van der Waals surface area contributed by atoms with Crippen molar-refractivity contribution in [3.63, 3.8) is 0 Å². The lowest BCUT2D eigenvalue weighted by atomic mass is 10.1. The van der Waals surface area contributed by atoms with E-state index in [-0.39, 0.29) is 0 Å². The van der Waals surface area contributed by atoms with Crippen LogP contribution in [-0.2, 0) is 11.1 Å². The fourth-order valence-corrected chi connectivity index (χ4v) is 17.1. The van der Waals surface area contributed by atoms with Gasteiger partial charge in [0, 0.05) is 0 Å². The zero-order chi connectivity index (χ0) is 23.6. The lowest BCUT2D eigenvalue weighted by molar-refractivity contribution is 0.545. The van der Waals surface area contributed by atoms with Gasteiger partial charge >= 0.3 is 0 Å². The Balaban J connectivity index is 6.76. The molecule has 0 amide bonds. The van der Waals surface area contributed by atoms with Gasteiger partial charge in [-0.25, -0.2) is 4.21 Å². The van der Waals surface area contributed by atoms with Gasteiger partial charge in [-0.15, -0.1) is 0 Å². The Morgan fingerprint density at radius 1 is 0.429 bits per heavy atom. The molecule has 0 aliphatic rings. The zero-order valence-electron chi connectivity index (χ0n) is 11.7. The third kappa shape index (κ3) is 6.35. The first-order valence-corrected chi connectivity index (χ1v) is 20.1. The summed E-state index contributed by atoms with van der Waals surface area (Å²) in [6, 6.07) is 0. The van der Waals surface area contributed by atoms with Gasteiger partial charge in [0.25, 0.3) is 0 Å². The molecular weight excluding hydrogens is 1520 g/mol. The molecule has 0 spiro atoms. The number of alkyl halides is 17. The van der Waals surface area contributed by atoms with Crippen LogP contribution in [0.4, 0.5) is 0 Å². The van der Waals surface area contributed by atoms with Gasteiger partial charge in [-0.2, -0.15) is 0 Å². The fraction of sp³-hybridized carbons (Fsp3) is 1.00. The summed E-state index contributed by atoms with van der Waals surface area (Å²) in [5, 5.41) is 0. The van der Waals surface area contributed by atoms with Crippen LogP contribution in [0.1, 0.15) is 0 Å². The number of halogens is 17. The first-order valence-electron chi connectivity index (χ1n) is 5.52. The molecule has 0 fully saturated rings. The molecular formula is C8HBr17O2S. The second-order valence-electron chi connectivity index (χ2n) is 4.71. The van der Waals surface area contributed by atoms with E-state index >= 15 is 0 Å². The Bertz CT molecular complexity index is 619. The molecule has 1 unspecified atom stereocenters. The average molecular weight is 1520 g/mol. The van der Waals surface area contributed by atoms with Crippen LogP contribution in [0.5, 0.6) is 0 Å². The largest absolute Gasteiger partial charge is 0.304 e. The molecule has 0 radical (unpaired) electrons. The van der Waals surface area contributed by atoms with E-state index in [1.807, 2.05) is 0 Å². The summed E-state index contributed by atoms with van der Waals surface area (Å²) in [5.74, 6) is 0. The van der Waals surface area contributed by atoms with Crippen molar-refractivity contribution in [1.29, 1.82) is 0 Å². The number of hydrogen-bond acceptors (Lipinski definition) is 1. The Hall–Kier alpha value is 8.27. The van der Waals surface area contributed by atoms with E-state index in [0.29, 0.717) is 0 Å². The smallest absolute Gasteiger partial charge is 0.207 e. The molecule has 0 aromatic heterocycles. The van der Waals surface area contributed by atoms with E-state index < -0.39 is 35.2 Å². The summed E-state index contributed by atoms with van der Waals surface area (Å²) in [6.45, 7) is 0. The minimum Gasteiger partial charge on any atom is -0.304 e. The van der Waals surface area contributed by atoms with Crippen LogP contribution in [0.2, 0.25) is 0 Å². The first kappa shape index (κ1) is 36.3. The minimum atomic E-state index is -2.36. The van der Waals surface area contributed by atoms with Gasteiger partial charge in [-0.3, -0.25) is 0 Å². The molecule has 20 heteroatoms. The van der Waals surface area contributed by atoms with Crippen LogP contribution in [-0.4, -0.2) is 32.9 Å². The van der Waals surface area contributed by atoms with Crippen molar-refractivity contribution in [1.82, 2.24) is 0 Å². The SMILES string of the molecule is O=S(O)C(Br)(Br)C(Br)(Br)C(Br)(Br)C(Br)(Br)C(Br)(Br)C(Br)(Br)C(Br)(Br)C(Br)(Br)Br. The summed E-state index contributed by atoms with van der Waals surface area (Å²) in [4.78, 5) is 0. The highest BCUT2D eigenvalue weighted by Gasteiger charge is 2.78. The number of rotatable bonds is 7. The van der Waals surface area contributed by atoms with E-state index in [9.17, 15) is 8.76 Å². The number of hydrogen-bond donors (Lipinski definition) is 1. The molecule has 0 saturated heterocycles. The van der Waals surface area contributed by atoms with Crippen LogP contribution in [0.15, 0.2) is 0 Å². The summed E-state index contributed by atoms with van der Waals surface area (Å²) < 4.78 is 12.4. The minimum absolute atomic E-state index is 0.849. The highest BCUT2D eigenvalue weighted by atomic mass is 80.0. The molecule has 28 heavy (non-hydrogen) atoms. The molecule has 2 nitrogen and oxygen atoms in total. The van der Waals surface area contributed by atoms with E-state index in [0.717, 1.165) is 0 Å². The highest BCUT2D eigenvalue weighted by Crippen LogP contribution is 2.78. The molecule has 1 N–H and O–H groups in total. The lowest BCUT2D eigenvalue weighted by Crippen LogP contribution is -2.68. The van der Waals surface area contributed by atoms with Crippen molar-refractivity contribution in [2.24, 2.45) is 0 Å². The maximum absolute atomic E-state index is 12.0. The summed E-state index contributed by atoms with van der Waals surface area (Å²) in [6.07, 6.45) is 0. The predicted molar refractivity (Wildman–Crippen MR) is 184 cm³/mol. The fourth-order valence-electron chi connectivity index (χ4n) is 1.26. The Kier molecular flexibility index (Phi) is 15.3. The van der Waals surface area contributed by atoms with Gasteiger partial charge in [0.1, 0.15) is 19.4 Å². The van der Waals surface area contributed by atoms with Crippen molar-refractivity contribution in [3.05, 3.63) is 0 Å². The normalized spacial score (nSPS) is 17.6. The van der Waals surface area contributed by atoms with Gasteiger partial charge in [0.05, 0.1) is 0 Å². The molecule has 1 atom stereocenters. The van der Waals surface area contributed by atoms with Crippen molar-refractivity contribution in [2.75, 3.05) is 0 Å². The molecule has 0 rings (SSSR count). The van der Waals surface area contributed by atoms with Crippen molar-refractivity contribution in [3.8, 4) is 0 Å². The van der Waals surface area contributed by atoms with Gasteiger partial charge in [0.15, 0.2) is 13.2 Å². The van der Waals surface area contributed by atoms with Crippen LogP contribution in [0.3, 0.4) is 0 Å². The second-order valence-corrected chi connectivity index (χ2v) is 37.7. The quantitative estimate of drug-likeness (QED) is 0.204. The van der Waals surface area contributed by atoms with Gasteiger partial charge in [-0.1, -0.05) is 271 Å². The van der Waals surface area contributed by atoms with Crippen LogP contribution >= 0.6 is 271 Å². The Morgan fingerprint density at radius 3 is 0.857 bits per heavy atom. The molecule has 0 heterocycles. The van der Waals surface area contributed by atoms with Crippen LogP contribution in [0, 0.1) is 0 Å². The topological polar surface area (TPSA) is 37.3 Å². The summed E-state index contributed by atoms with van der Waals surface area (Å²) in [7, 11) is 0. The third-order valence-corrected chi connectivity index (χ3v) is 39.1. The molecule has 0 aliphatic carbocycles. The van der Waals surface area contributed by atoms with Gasteiger partial charge < -0.3 is 4.55 Å². The van der Waals surface area contributed by atoms with Crippen LogP contribution < -0.4 is 0 Å². The zero-order valence-corrected chi connectivity index (χ0v) is 39.5. The maximum atomic E-state index is 12.0.